The van der Waals surface area contributed by atoms with Crippen molar-refractivity contribution in [1.82, 2.24) is 5.43 Å². The van der Waals surface area contributed by atoms with Crippen LogP contribution in [0.3, 0.4) is 0 Å². The van der Waals surface area contributed by atoms with Gasteiger partial charge in [-0.15, -0.1) is 0 Å². The van der Waals surface area contributed by atoms with E-state index in [-0.39, 0.29) is 6.04 Å². The van der Waals surface area contributed by atoms with E-state index in [1.165, 1.54) is 25.7 Å². The standard InChI is InChI=1S/C13H18BrClN2/c14-11-7-3-6-10(13(11)15)12(17-16)8-9-4-1-2-5-9/h3,6-7,9,12,17H,1-2,4-5,8,16H2. The highest BCUT2D eigenvalue weighted by atomic mass is 79.9. The van der Waals surface area contributed by atoms with E-state index < -0.39 is 0 Å². The van der Waals surface area contributed by atoms with E-state index >= 15 is 0 Å². The molecule has 1 aromatic carbocycles. The van der Waals surface area contributed by atoms with E-state index in [0.717, 1.165) is 27.4 Å². The summed E-state index contributed by atoms with van der Waals surface area (Å²) in [4.78, 5) is 0. The maximum Gasteiger partial charge on any atom is 0.0596 e. The fourth-order valence-electron chi connectivity index (χ4n) is 2.65. The lowest BCUT2D eigenvalue weighted by Crippen LogP contribution is -2.29. The number of hydrogen-bond acceptors (Lipinski definition) is 2. The third-order valence-corrected chi connectivity index (χ3v) is 4.91. The summed E-state index contributed by atoms with van der Waals surface area (Å²) in [5, 5.41) is 0.772. The fourth-order valence-corrected chi connectivity index (χ4v) is 3.29. The molecule has 4 heteroatoms. The topological polar surface area (TPSA) is 38.0 Å². The van der Waals surface area contributed by atoms with E-state index in [1.54, 1.807) is 0 Å². The Morgan fingerprint density at radius 1 is 1.41 bits per heavy atom. The third kappa shape index (κ3) is 3.22. The molecule has 0 spiro atoms. The fraction of sp³-hybridized carbons (Fsp3) is 0.538. The third-order valence-electron chi connectivity index (χ3n) is 3.60. The van der Waals surface area contributed by atoms with Crippen LogP contribution in [0.4, 0.5) is 0 Å². The molecular formula is C13H18BrClN2. The summed E-state index contributed by atoms with van der Waals surface area (Å²) in [6.45, 7) is 0. The number of nitrogens with two attached hydrogens (primary N) is 1. The van der Waals surface area contributed by atoms with E-state index in [9.17, 15) is 0 Å². The van der Waals surface area contributed by atoms with Gasteiger partial charge in [-0.3, -0.25) is 11.3 Å². The van der Waals surface area contributed by atoms with Crippen molar-refractivity contribution >= 4 is 27.5 Å². The number of hydrogen-bond donors (Lipinski definition) is 2. The second-order valence-electron chi connectivity index (χ2n) is 4.75. The molecule has 1 saturated carbocycles. The molecule has 0 saturated heterocycles. The van der Waals surface area contributed by atoms with Crippen molar-refractivity contribution in [2.75, 3.05) is 0 Å². The average molecular weight is 318 g/mol. The van der Waals surface area contributed by atoms with Crippen LogP contribution >= 0.6 is 27.5 Å². The highest BCUT2D eigenvalue weighted by molar-refractivity contribution is 9.10. The number of nitrogens with one attached hydrogen (secondary N) is 1. The molecule has 1 aliphatic rings. The molecule has 0 radical (unpaired) electrons. The van der Waals surface area contributed by atoms with Gasteiger partial charge in [0, 0.05) is 10.5 Å². The number of rotatable bonds is 4. The molecule has 17 heavy (non-hydrogen) atoms. The van der Waals surface area contributed by atoms with E-state index in [1.807, 2.05) is 18.2 Å². The molecule has 0 bridgehead atoms. The monoisotopic (exact) mass is 316 g/mol. The van der Waals surface area contributed by atoms with Crippen LogP contribution in [0.15, 0.2) is 22.7 Å². The minimum absolute atomic E-state index is 0.156. The Labute approximate surface area is 116 Å². The molecule has 0 heterocycles. The lowest BCUT2D eigenvalue weighted by Gasteiger charge is -2.21. The van der Waals surface area contributed by atoms with Crippen LogP contribution in [0, 0.1) is 5.92 Å². The maximum absolute atomic E-state index is 6.31. The summed E-state index contributed by atoms with van der Waals surface area (Å²) in [6, 6.07) is 6.16. The van der Waals surface area contributed by atoms with Crippen LogP contribution < -0.4 is 11.3 Å². The SMILES string of the molecule is NNC(CC1CCCC1)c1cccc(Br)c1Cl. The minimum Gasteiger partial charge on any atom is -0.271 e. The maximum atomic E-state index is 6.31. The van der Waals surface area contributed by atoms with Crippen molar-refractivity contribution in [2.24, 2.45) is 11.8 Å². The number of benzene rings is 1. The second kappa shape index (κ2) is 6.19. The van der Waals surface area contributed by atoms with Crippen LogP contribution in [0.5, 0.6) is 0 Å². The zero-order valence-corrected chi connectivity index (χ0v) is 12.1. The van der Waals surface area contributed by atoms with Gasteiger partial charge >= 0.3 is 0 Å². The van der Waals surface area contributed by atoms with E-state index in [2.05, 4.69) is 21.4 Å². The highest BCUT2D eigenvalue weighted by Gasteiger charge is 2.22. The molecule has 3 N–H and O–H groups in total. The van der Waals surface area contributed by atoms with Crippen molar-refractivity contribution in [1.29, 1.82) is 0 Å². The van der Waals surface area contributed by atoms with Crippen molar-refractivity contribution < 1.29 is 0 Å². The molecule has 2 rings (SSSR count). The van der Waals surface area contributed by atoms with Gasteiger partial charge in [0.1, 0.15) is 0 Å². The van der Waals surface area contributed by atoms with Crippen molar-refractivity contribution in [3.05, 3.63) is 33.3 Å². The first-order valence-corrected chi connectivity index (χ1v) is 7.29. The summed E-state index contributed by atoms with van der Waals surface area (Å²) in [5.74, 6) is 6.46. The summed E-state index contributed by atoms with van der Waals surface area (Å²) < 4.78 is 0.934. The zero-order valence-electron chi connectivity index (χ0n) is 9.76. The van der Waals surface area contributed by atoms with Gasteiger partial charge in [0.15, 0.2) is 0 Å². The molecule has 1 fully saturated rings. The Balaban J connectivity index is 2.13. The highest BCUT2D eigenvalue weighted by Crippen LogP contribution is 2.36. The predicted molar refractivity (Wildman–Crippen MR) is 75.8 cm³/mol. The summed E-state index contributed by atoms with van der Waals surface area (Å²) in [6.07, 6.45) is 6.43. The van der Waals surface area contributed by atoms with Crippen molar-refractivity contribution in [2.45, 2.75) is 38.1 Å². The van der Waals surface area contributed by atoms with Crippen molar-refractivity contribution in [3.8, 4) is 0 Å². The molecule has 0 amide bonds. The smallest absolute Gasteiger partial charge is 0.0596 e. The van der Waals surface area contributed by atoms with Crippen LogP contribution in [0.1, 0.15) is 43.7 Å². The Hall–Kier alpha value is -0.0900. The van der Waals surface area contributed by atoms with Gasteiger partial charge in [0.25, 0.3) is 0 Å². The molecule has 1 aliphatic carbocycles. The van der Waals surface area contributed by atoms with E-state index in [0.29, 0.717) is 0 Å². The largest absolute Gasteiger partial charge is 0.271 e. The van der Waals surface area contributed by atoms with Crippen LogP contribution in [-0.2, 0) is 0 Å². The zero-order chi connectivity index (χ0) is 12.3. The van der Waals surface area contributed by atoms with Crippen LogP contribution in [0.25, 0.3) is 0 Å². The molecule has 1 unspecified atom stereocenters. The minimum atomic E-state index is 0.156. The molecular weight excluding hydrogens is 300 g/mol. The van der Waals surface area contributed by atoms with E-state index in [4.69, 9.17) is 17.4 Å². The molecule has 0 aromatic heterocycles. The molecule has 1 atom stereocenters. The van der Waals surface area contributed by atoms with Gasteiger partial charge < -0.3 is 0 Å². The Bertz CT molecular complexity index is 378. The van der Waals surface area contributed by atoms with Crippen molar-refractivity contribution in [3.63, 3.8) is 0 Å². The first-order valence-electron chi connectivity index (χ1n) is 6.12. The van der Waals surface area contributed by atoms with Crippen LogP contribution in [0.2, 0.25) is 5.02 Å². The molecule has 1 aromatic rings. The van der Waals surface area contributed by atoms with Gasteiger partial charge in [-0.25, -0.2) is 0 Å². The van der Waals surface area contributed by atoms with Gasteiger partial charge in [0.05, 0.1) is 5.02 Å². The molecule has 94 valence electrons. The van der Waals surface area contributed by atoms with Gasteiger partial charge in [0.2, 0.25) is 0 Å². The Morgan fingerprint density at radius 2 is 2.12 bits per heavy atom. The Morgan fingerprint density at radius 3 is 2.76 bits per heavy atom. The average Bonchev–Trinajstić information content (AvgIpc) is 2.83. The Kier molecular flexibility index (Phi) is 4.86. The summed E-state index contributed by atoms with van der Waals surface area (Å²) >= 11 is 9.77. The lowest BCUT2D eigenvalue weighted by atomic mass is 9.94. The van der Waals surface area contributed by atoms with Gasteiger partial charge in [-0.1, -0.05) is 49.4 Å². The quantitative estimate of drug-likeness (QED) is 0.645. The molecule has 2 nitrogen and oxygen atoms in total. The number of hydrazine groups is 1. The van der Waals surface area contributed by atoms with Gasteiger partial charge in [-0.2, -0.15) is 0 Å². The second-order valence-corrected chi connectivity index (χ2v) is 5.98. The number of halogens is 2. The summed E-state index contributed by atoms with van der Waals surface area (Å²) in [5.41, 5.74) is 4.00. The normalized spacial score (nSPS) is 18.5. The van der Waals surface area contributed by atoms with Crippen LogP contribution in [-0.4, -0.2) is 0 Å². The van der Waals surface area contributed by atoms with Gasteiger partial charge in [-0.05, 0) is 39.9 Å². The summed E-state index contributed by atoms with van der Waals surface area (Å²) in [7, 11) is 0. The predicted octanol–water partition coefficient (Wildman–Crippen LogP) is 4.19. The first-order chi connectivity index (χ1) is 8.22. The first kappa shape index (κ1) is 13.3. The molecule has 0 aliphatic heterocycles. The lowest BCUT2D eigenvalue weighted by molar-refractivity contribution is 0.400.